The van der Waals surface area contributed by atoms with E-state index in [1.54, 1.807) is 14.2 Å². The number of methoxy groups -OCH3 is 2. The molecule has 0 spiro atoms. The van der Waals surface area contributed by atoms with Crippen LogP contribution in [0.5, 0.6) is 17.2 Å². The van der Waals surface area contributed by atoms with E-state index in [0.29, 0.717) is 24.8 Å². The third-order valence-electron chi connectivity index (χ3n) is 6.58. The number of nitrogens with zero attached hydrogens (tertiary/aromatic N) is 2. The summed E-state index contributed by atoms with van der Waals surface area (Å²) in [5.41, 5.74) is 2.92. The molecule has 0 saturated heterocycles. The van der Waals surface area contributed by atoms with Crippen LogP contribution in [0.2, 0.25) is 0 Å². The van der Waals surface area contributed by atoms with E-state index in [2.05, 4.69) is 27.5 Å². The summed E-state index contributed by atoms with van der Waals surface area (Å²) in [4.78, 5) is 4.57. The second kappa shape index (κ2) is 14.4. The Morgan fingerprint density at radius 3 is 2.44 bits per heavy atom. The second-order valence-corrected chi connectivity index (χ2v) is 9.25. The predicted molar refractivity (Wildman–Crippen MR) is 153 cm³/mol. The van der Waals surface area contributed by atoms with E-state index >= 15 is 0 Å². The van der Waals surface area contributed by atoms with Crippen molar-refractivity contribution in [2.75, 3.05) is 20.8 Å². The number of guanidine groups is 1. The van der Waals surface area contributed by atoms with Crippen LogP contribution < -0.4 is 24.8 Å². The topological polar surface area (TPSA) is 87.9 Å². The van der Waals surface area contributed by atoms with Crippen LogP contribution in [0, 0.1) is 23.3 Å². The van der Waals surface area contributed by atoms with Gasteiger partial charge in [-0.15, -0.1) is 0 Å². The monoisotopic (exact) mass is 522 g/mol. The molecule has 0 amide bonds. The van der Waals surface area contributed by atoms with Crippen LogP contribution in [0.4, 0.5) is 0 Å². The van der Waals surface area contributed by atoms with Crippen molar-refractivity contribution in [1.82, 2.24) is 10.6 Å². The smallest absolute Gasteiger partial charge is 0.205 e. The van der Waals surface area contributed by atoms with Crippen molar-refractivity contribution in [2.24, 2.45) is 4.99 Å². The zero-order valence-electron chi connectivity index (χ0n) is 22.4. The lowest BCUT2D eigenvalue weighted by Gasteiger charge is -2.19. The van der Waals surface area contributed by atoms with Crippen molar-refractivity contribution < 1.29 is 14.2 Å². The van der Waals surface area contributed by atoms with Gasteiger partial charge in [0.05, 0.1) is 32.8 Å². The summed E-state index contributed by atoms with van der Waals surface area (Å²) >= 11 is 0. The van der Waals surface area contributed by atoms with Crippen molar-refractivity contribution >= 4 is 5.96 Å². The number of aliphatic imine (C=N–C) groups is 1. The van der Waals surface area contributed by atoms with E-state index in [1.165, 1.54) is 12.8 Å². The standard InChI is InChI=1S/C32H34N4O3/c1-37-28-17-13-25(14-18-28)21-34-32(36-23-33)35-22-27(15-12-24-8-4-3-5-9-24)26-16-19-30(38-2)31(20-26)39-29-10-6-7-11-29/h3-5,8-9,13-14,16-20,27,29H,6-7,10-11,21-22H2,1-2H3,(H2,34,35,36). The first-order valence-corrected chi connectivity index (χ1v) is 13.2. The number of benzene rings is 3. The van der Waals surface area contributed by atoms with Crippen molar-refractivity contribution in [1.29, 1.82) is 5.26 Å². The van der Waals surface area contributed by atoms with Gasteiger partial charge in [-0.2, -0.15) is 5.26 Å². The zero-order chi connectivity index (χ0) is 27.3. The summed E-state index contributed by atoms with van der Waals surface area (Å²) in [5, 5.41) is 15.3. The predicted octanol–water partition coefficient (Wildman–Crippen LogP) is 5.38. The summed E-state index contributed by atoms with van der Waals surface area (Å²) in [7, 11) is 3.29. The number of rotatable bonds is 9. The molecule has 1 aliphatic rings. The molecule has 3 aromatic rings. The number of ether oxygens (including phenoxy) is 3. The largest absolute Gasteiger partial charge is 0.497 e. The van der Waals surface area contributed by atoms with Gasteiger partial charge in [0.2, 0.25) is 5.96 Å². The molecular weight excluding hydrogens is 488 g/mol. The van der Waals surface area contributed by atoms with E-state index in [9.17, 15) is 5.26 Å². The molecule has 7 nitrogen and oxygen atoms in total. The minimum atomic E-state index is -0.200. The lowest BCUT2D eigenvalue weighted by molar-refractivity contribution is 0.200. The summed E-state index contributed by atoms with van der Waals surface area (Å²) in [6.07, 6.45) is 6.66. The highest BCUT2D eigenvalue weighted by Gasteiger charge is 2.20. The lowest BCUT2D eigenvalue weighted by Crippen LogP contribution is -2.37. The van der Waals surface area contributed by atoms with Gasteiger partial charge in [0, 0.05) is 12.1 Å². The van der Waals surface area contributed by atoms with Crippen molar-refractivity contribution in [3.8, 4) is 35.3 Å². The summed E-state index contributed by atoms with van der Waals surface area (Å²) in [6, 6.07) is 23.5. The summed E-state index contributed by atoms with van der Waals surface area (Å²) in [5.74, 6) is 9.11. The van der Waals surface area contributed by atoms with Gasteiger partial charge in [0.15, 0.2) is 17.7 Å². The maximum absolute atomic E-state index is 9.31. The van der Waals surface area contributed by atoms with Gasteiger partial charge in [-0.25, -0.2) is 4.99 Å². The highest BCUT2D eigenvalue weighted by Crippen LogP contribution is 2.34. The first kappa shape index (κ1) is 27.4. The molecule has 7 heteroatoms. The van der Waals surface area contributed by atoms with Gasteiger partial charge in [-0.1, -0.05) is 48.2 Å². The summed E-state index contributed by atoms with van der Waals surface area (Å²) in [6.45, 7) is 0.842. The lowest BCUT2D eigenvalue weighted by atomic mass is 9.98. The van der Waals surface area contributed by atoms with Crippen LogP contribution >= 0.6 is 0 Å². The van der Waals surface area contributed by atoms with Gasteiger partial charge in [0.1, 0.15) is 5.75 Å². The van der Waals surface area contributed by atoms with E-state index in [0.717, 1.165) is 41.0 Å². The average molecular weight is 523 g/mol. The fraction of sp³-hybridized carbons (Fsp3) is 0.312. The van der Waals surface area contributed by atoms with Gasteiger partial charge >= 0.3 is 0 Å². The highest BCUT2D eigenvalue weighted by molar-refractivity contribution is 5.81. The Balaban J connectivity index is 1.56. The van der Waals surface area contributed by atoms with Gasteiger partial charge < -0.3 is 19.5 Å². The van der Waals surface area contributed by atoms with Crippen molar-refractivity contribution in [2.45, 2.75) is 44.2 Å². The number of nitriles is 1. The number of hydrogen-bond donors (Lipinski definition) is 2. The second-order valence-electron chi connectivity index (χ2n) is 9.25. The van der Waals surface area contributed by atoms with Crippen LogP contribution in [0.25, 0.3) is 0 Å². The molecule has 0 aromatic heterocycles. The maximum atomic E-state index is 9.31. The zero-order valence-corrected chi connectivity index (χ0v) is 22.4. The first-order chi connectivity index (χ1) is 19.2. The number of hydrogen-bond acceptors (Lipinski definition) is 5. The normalized spacial score (nSPS) is 13.9. The SMILES string of the molecule is COc1ccc(CN=C(NC#N)NCC(C#Cc2ccccc2)c2ccc(OC)c(OC3CCCC3)c2)cc1. The number of nitrogens with one attached hydrogen (secondary N) is 2. The van der Waals surface area contributed by atoms with Crippen molar-refractivity contribution in [3.63, 3.8) is 0 Å². The fourth-order valence-corrected chi connectivity index (χ4v) is 4.42. The van der Waals surface area contributed by atoms with Crippen LogP contribution in [-0.4, -0.2) is 32.8 Å². The van der Waals surface area contributed by atoms with Gasteiger partial charge in [-0.05, 0) is 73.2 Å². The molecule has 0 aliphatic heterocycles. The molecule has 200 valence electrons. The van der Waals surface area contributed by atoms with Crippen LogP contribution in [0.15, 0.2) is 77.8 Å². The van der Waals surface area contributed by atoms with E-state index in [-0.39, 0.29) is 12.0 Å². The Hall–Kier alpha value is -4.62. The van der Waals surface area contributed by atoms with E-state index in [1.807, 2.05) is 79.0 Å². The quantitative estimate of drug-likeness (QED) is 0.129. The molecule has 1 atom stereocenters. The van der Waals surface area contributed by atoms with E-state index < -0.39 is 0 Å². The van der Waals surface area contributed by atoms with E-state index in [4.69, 9.17) is 14.2 Å². The molecule has 0 radical (unpaired) electrons. The molecule has 3 aromatic carbocycles. The Labute approximate surface area is 230 Å². The van der Waals surface area contributed by atoms with Crippen LogP contribution in [0.3, 0.4) is 0 Å². The third-order valence-corrected chi connectivity index (χ3v) is 6.58. The molecular formula is C32H34N4O3. The highest BCUT2D eigenvalue weighted by atomic mass is 16.5. The first-order valence-electron chi connectivity index (χ1n) is 13.2. The van der Waals surface area contributed by atoms with Crippen LogP contribution in [0.1, 0.15) is 48.3 Å². The minimum absolute atomic E-state index is 0.200. The molecule has 39 heavy (non-hydrogen) atoms. The molecule has 1 aliphatic carbocycles. The minimum Gasteiger partial charge on any atom is -0.497 e. The molecule has 0 heterocycles. The Bertz CT molecular complexity index is 1330. The molecule has 1 unspecified atom stereocenters. The average Bonchev–Trinajstić information content (AvgIpc) is 3.50. The fourth-order valence-electron chi connectivity index (χ4n) is 4.42. The maximum Gasteiger partial charge on any atom is 0.205 e. The van der Waals surface area contributed by atoms with Crippen LogP contribution in [-0.2, 0) is 6.54 Å². The summed E-state index contributed by atoms with van der Waals surface area (Å²) < 4.78 is 17.1. The van der Waals surface area contributed by atoms with Gasteiger partial charge in [-0.3, -0.25) is 5.32 Å². The third kappa shape index (κ3) is 8.18. The molecule has 0 bridgehead atoms. The van der Waals surface area contributed by atoms with Gasteiger partial charge in [0.25, 0.3) is 0 Å². The van der Waals surface area contributed by atoms with Crippen molar-refractivity contribution in [3.05, 3.63) is 89.5 Å². The Kier molecular flexibility index (Phi) is 10.1. The molecule has 1 fully saturated rings. The Morgan fingerprint density at radius 2 is 1.74 bits per heavy atom. The Morgan fingerprint density at radius 1 is 0.974 bits per heavy atom. The molecule has 1 saturated carbocycles. The molecule has 4 rings (SSSR count). The molecule has 2 N–H and O–H groups in total.